The standard InChI is InChI=1S/C32H24FN3O6S2/c1-3-14-41-21-11-6-9-18(15-21)26-25(27(37)24-16-19-10-7-13-23(40-2)29(19)42-24)28(38)30(39)36(26)31-34-35-32(44-31)43-17-20-8-4-5-12-22(20)33/h3-13,15-16,26,38H,1,14,17H2,2H3. The number of hydrogen-bond donors (Lipinski definition) is 1. The minimum atomic E-state index is -1.09. The van der Waals surface area contributed by atoms with Gasteiger partial charge in [0.2, 0.25) is 10.9 Å². The molecule has 1 atom stereocenters. The molecule has 1 aliphatic rings. The van der Waals surface area contributed by atoms with Gasteiger partial charge in [-0.05, 0) is 41.5 Å². The maximum Gasteiger partial charge on any atom is 0.296 e. The Hall–Kier alpha value is -4.94. The number of ketones is 1. The number of carbonyl (C=O) groups is 2. The van der Waals surface area contributed by atoms with Crippen molar-refractivity contribution in [2.24, 2.45) is 0 Å². The summed E-state index contributed by atoms with van der Waals surface area (Å²) >= 11 is 2.34. The molecular formula is C32H24FN3O6S2. The van der Waals surface area contributed by atoms with Crippen molar-refractivity contribution in [3.8, 4) is 11.5 Å². The van der Waals surface area contributed by atoms with E-state index in [0.29, 0.717) is 43.7 Å². The molecule has 0 spiro atoms. The Morgan fingerprint density at radius 1 is 1.16 bits per heavy atom. The SMILES string of the molecule is C=CCOc1cccc(C2C(C(=O)c3cc4cccc(OC)c4o3)=C(O)C(=O)N2c2nnc(SCc3ccccc3F)s2)c1. The van der Waals surface area contributed by atoms with Crippen LogP contribution in [0.1, 0.15) is 27.7 Å². The lowest BCUT2D eigenvalue weighted by Gasteiger charge is -2.24. The molecule has 1 amide bonds. The molecule has 3 aromatic carbocycles. The first kappa shape index (κ1) is 29.1. The number of ether oxygens (including phenoxy) is 2. The number of para-hydroxylation sites is 1. The molecule has 0 saturated carbocycles. The summed E-state index contributed by atoms with van der Waals surface area (Å²) in [5.74, 6) is -1.46. The third-order valence-corrected chi connectivity index (χ3v) is 8.96. The molecule has 12 heteroatoms. The first-order chi connectivity index (χ1) is 21.4. The van der Waals surface area contributed by atoms with Crippen LogP contribution in [-0.4, -0.2) is 40.7 Å². The van der Waals surface area contributed by atoms with Crippen LogP contribution in [0.25, 0.3) is 11.0 Å². The van der Waals surface area contributed by atoms with Crippen molar-refractivity contribution in [1.82, 2.24) is 10.2 Å². The van der Waals surface area contributed by atoms with Gasteiger partial charge in [0, 0.05) is 11.1 Å². The Morgan fingerprint density at radius 2 is 1.98 bits per heavy atom. The van der Waals surface area contributed by atoms with E-state index in [-0.39, 0.29) is 28.9 Å². The van der Waals surface area contributed by atoms with E-state index in [1.165, 1.54) is 35.9 Å². The Morgan fingerprint density at radius 3 is 2.77 bits per heavy atom. The highest BCUT2D eigenvalue weighted by Gasteiger charge is 2.47. The summed E-state index contributed by atoms with van der Waals surface area (Å²) < 4.78 is 31.6. The number of anilines is 1. The van der Waals surface area contributed by atoms with Gasteiger partial charge in [-0.1, -0.05) is 78.2 Å². The molecule has 0 saturated heterocycles. The average Bonchev–Trinajstić information content (AvgIpc) is 3.76. The van der Waals surface area contributed by atoms with Crippen LogP contribution in [0.2, 0.25) is 0 Å². The van der Waals surface area contributed by atoms with Crippen LogP contribution < -0.4 is 14.4 Å². The predicted molar refractivity (Wildman–Crippen MR) is 165 cm³/mol. The number of furan rings is 1. The second-order valence-corrected chi connectivity index (χ2v) is 11.7. The van der Waals surface area contributed by atoms with E-state index in [2.05, 4.69) is 16.8 Å². The maximum absolute atomic E-state index is 14.2. The number of carbonyl (C=O) groups excluding carboxylic acids is 2. The Kier molecular flexibility index (Phi) is 8.18. The number of aromatic nitrogens is 2. The Balaban J connectivity index is 1.39. The molecule has 44 heavy (non-hydrogen) atoms. The van der Waals surface area contributed by atoms with Crippen molar-refractivity contribution in [3.63, 3.8) is 0 Å². The molecule has 222 valence electrons. The number of halogens is 1. The Labute approximate surface area is 259 Å². The molecule has 1 N–H and O–H groups in total. The van der Waals surface area contributed by atoms with Crippen molar-refractivity contribution < 1.29 is 33.0 Å². The van der Waals surface area contributed by atoms with E-state index < -0.39 is 23.5 Å². The fraction of sp³-hybridized carbons (Fsp3) is 0.125. The highest BCUT2D eigenvalue weighted by Crippen LogP contribution is 2.45. The number of rotatable bonds is 11. The minimum absolute atomic E-state index is 0.0804. The van der Waals surface area contributed by atoms with Gasteiger partial charge in [-0.3, -0.25) is 14.5 Å². The highest BCUT2D eigenvalue weighted by atomic mass is 32.2. The number of hydrogen-bond acceptors (Lipinski definition) is 10. The monoisotopic (exact) mass is 629 g/mol. The highest BCUT2D eigenvalue weighted by molar-refractivity contribution is 8.00. The van der Waals surface area contributed by atoms with Crippen molar-refractivity contribution in [1.29, 1.82) is 0 Å². The quantitative estimate of drug-likeness (QED) is 0.0709. The van der Waals surface area contributed by atoms with Gasteiger partial charge in [0.15, 0.2) is 27.2 Å². The Bertz CT molecular complexity index is 1930. The van der Waals surface area contributed by atoms with Crippen LogP contribution in [0.15, 0.2) is 106 Å². The molecule has 1 aliphatic heterocycles. The average molecular weight is 630 g/mol. The van der Waals surface area contributed by atoms with E-state index in [1.54, 1.807) is 66.7 Å². The number of aliphatic hydroxyl groups excluding tert-OH is 1. The number of nitrogens with zero attached hydrogens (tertiary/aromatic N) is 3. The van der Waals surface area contributed by atoms with Crippen molar-refractivity contribution in [2.75, 3.05) is 18.6 Å². The molecule has 6 rings (SSSR count). The van der Waals surface area contributed by atoms with E-state index in [4.69, 9.17) is 13.9 Å². The zero-order chi connectivity index (χ0) is 30.8. The fourth-order valence-electron chi connectivity index (χ4n) is 4.83. The summed E-state index contributed by atoms with van der Waals surface area (Å²) in [5.41, 5.74) is 1.15. The van der Waals surface area contributed by atoms with E-state index in [9.17, 15) is 19.1 Å². The first-order valence-corrected chi connectivity index (χ1v) is 15.1. The van der Waals surface area contributed by atoms with Crippen molar-refractivity contribution in [3.05, 3.63) is 119 Å². The van der Waals surface area contributed by atoms with Gasteiger partial charge in [0.25, 0.3) is 5.91 Å². The molecule has 2 aromatic heterocycles. The lowest BCUT2D eigenvalue weighted by molar-refractivity contribution is -0.117. The van der Waals surface area contributed by atoms with Gasteiger partial charge in [0.1, 0.15) is 18.2 Å². The van der Waals surface area contributed by atoms with Crippen LogP contribution in [0.4, 0.5) is 9.52 Å². The predicted octanol–water partition coefficient (Wildman–Crippen LogP) is 7.07. The van der Waals surface area contributed by atoms with Gasteiger partial charge in [-0.25, -0.2) is 4.39 Å². The molecule has 5 aromatic rings. The summed E-state index contributed by atoms with van der Waals surface area (Å²) in [5, 5.41) is 20.4. The first-order valence-electron chi connectivity index (χ1n) is 13.3. The largest absolute Gasteiger partial charge is 0.503 e. The van der Waals surface area contributed by atoms with Crippen molar-refractivity contribution >= 4 is 50.9 Å². The summed E-state index contributed by atoms with van der Waals surface area (Å²) in [7, 11) is 1.49. The van der Waals surface area contributed by atoms with Gasteiger partial charge in [-0.15, -0.1) is 10.2 Å². The lowest BCUT2D eigenvalue weighted by atomic mass is 9.95. The molecule has 0 radical (unpaired) electrons. The van der Waals surface area contributed by atoms with Crippen LogP contribution in [0.5, 0.6) is 11.5 Å². The van der Waals surface area contributed by atoms with Crippen LogP contribution in [0, 0.1) is 5.82 Å². The lowest BCUT2D eigenvalue weighted by Crippen LogP contribution is -2.31. The van der Waals surface area contributed by atoms with Crippen LogP contribution >= 0.6 is 23.1 Å². The molecule has 0 fully saturated rings. The van der Waals surface area contributed by atoms with Gasteiger partial charge in [0.05, 0.1) is 18.7 Å². The number of methoxy groups -OCH3 is 1. The van der Waals surface area contributed by atoms with E-state index in [0.717, 1.165) is 11.3 Å². The summed E-state index contributed by atoms with van der Waals surface area (Å²) in [4.78, 5) is 28.9. The third kappa shape index (κ3) is 5.45. The van der Waals surface area contributed by atoms with Crippen LogP contribution in [0.3, 0.4) is 0 Å². The number of Topliss-reactive ketones (excluding diaryl/α,β-unsaturated/α-hetero) is 1. The minimum Gasteiger partial charge on any atom is -0.503 e. The third-order valence-electron chi connectivity index (χ3n) is 6.86. The molecule has 0 bridgehead atoms. The smallest absolute Gasteiger partial charge is 0.296 e. The summed E-state index contributed by atoms with van der Waals surface area (Å²) in [6.45, 7) is 3.91. The molecule has 3 heterocycles. The number of thioether (sulfide) groups is 1. The van der Waals surface area contributed by atoms with E-state index in [1.807, 2.05) is 0 Å². The zero-order valence-corrected chi connectivity index (χ0v) is 24.9. The molecule has 0 aliphatic carbocycles. The second kappa shape index (κ2) is 12.3. The van der Waals surface area contributed by atoms with E-state index >= 15 is 0 Å². The van der Waals surface area contributed by atoms with Crippen LogP contribution in [-0.2, 0) is 10.5 Å². The summed E-state index contributed by atoms with van der Waals surface area (Å²) in [6.07, 6.45) is 1.59. The number of fused-ring (bicyclic) bond motifs is 1. The van der Waals surface area contributed by atoms with Gasteiger partial charge in [-0.2, -0.15) is 0 Å². The topological polar surface area (TPSA) is 115 Å². The van der Waals surface area contributed by atoms with Gasteiger partial charge < -0.3 is 19.0 Å². The molecule has 1 unspecified atom stereocenters. The molecule has 9 nitrogen and oxygen atoms in total. The van der Waals surface area contributed by atoms with Gasteiger partial charge >= 0.3 is 0 Å². The number of benzene rings is 3. The maximum atomic E-state index is 14.2. The fourth-order valence-corrected chi connectivity index (χ4v) is 6.69. The molecular weight excluding hydrogens is 605 g/mol. The normalized spacial score (nSPS) is 14.8. The number of amides is 1. The summed E-state index contributed by atoms with van der Waals surface area (Å²) in [6, 6.07) is 18.9. The number of aliphatic hydroxyl groups is 1. The zero-order valence-electron chi connectivity index (χ0n) is 23.2. The second-order valence-electron chi connectivity index (χ2n) is 9.56. The van der Waals surface area contributed by atoms with Crippen molar-refractivity contribution in [2.45, 2.75) is 16.1 Å².